The standard InChI is InChI=1S/C9H12N4/c1-3-11-8-5-10-4-2-9(8)7(1)12-6-13-9/h1,3,6,8,10H,2,4-5H2,(H,12,13)/t8-,9+/m0/s1. The van der Waals surface area contributed by atoms with Crippen LogP contribution in [0.15, 0.2) is 21.8 Å². The van der Waals surface area contributed by atoms with E-state index in [1.54, 1.807) is 6.34 Å². The molecule has 0 radical (unpaired) electrons. The van der Waals surface area contributed by atoms with Crippen molar-refractivity contribution in [3.05, 3.63) is 11.8 Å². The van der Waals surface area contributed by atoms with Gasteiger partial charge in [-0.1, -0.05) is 0 Å². The first-order chi connectivity index (χ1) is 6.42. The van der Waals surface area contributed by atoms with Gasteiger partial charge in [-0.2, -0.15) is 0 Å². The van der Waals surface area contributed by atoms with Gasteiger partial charge in [0.2, 0.25) is 0 Å². The molecule has 2 atom stereocenters. The molecule has 0 saturated carbocycles. The Morgan fingerprint density at radius 3 is 3.54 bits per heavy atom. The lowest BCUT2D eigenvalue weighted by atomic mass is 9.81. The summed E-state index contributed by atoms with van der Waals surface area (Å²) in [7, 11) is 0. The van der Waals surface area contributed by atoms with Crippen molar-refractivity contribution in [2.45, 2.75) is 18.0 Å². The van der Waals surface area contributed by atoms with Crippen LogP contribution in [-0.4, -0.2) is 37.2 Å². The average Bonchev–Trinajstić information content (AvgIpc) is 2.58. The SMILES string of the molecule is C1=N[C@H]2CNCC[C@]23N=CNC3=C1. The van der Waals surface area contributed by atoms with Gasteiger partial charge in [0.25, 0.3) is 0 Å². The van der Waals surface area contributed by atoms with Gasteiger partial charge in [-0.15, -0.1) is 0 Å². The minimum Gasteiger partial charge on any atom is -0.348 e. The van der Waals surface area contributed by atoms with Crippen molar-refractivity contribution in [1.29, 1.82) is 0 Å². The van der Waals surface area contributed by atoms with Crippen molar-refractivity contribution < 1.29 is 0 Å². The van der Waals surface area contributed by atoms with Gasteiger partial charge >= 0.3 is 0 Å². The first-order valence-corrected chi connectivity index (χ1v) is 4.67. The van der Waals surface area contributed by atoms with Crippen LogP contribution >= 0.6 is 0 Å². The molecule has 0 bridgehead atoms. The highest BCUT2D eigenvalue weighted by atomic mass is 15.2. The zero-order valence-electron chi connectivity index (χ0n) is 7.33. The predicted molar refractivity (Wildman–Crippen MR) is 52.2 cm³/mol. The van der Waals surface area contributed by atoms with E-state index in [1.165, 1.54) is 5.70 Å². The number of aliphatic imine (C=N–C) groups is 2. The number of piperidine rings is 1. The van der Waals surface area contributed by atoms with Crippen molar-refractivity contribution in [3.63, 3.8) is 0 Å². The molecule has 0 aromatic rings. The third kappa shape index (κ3) is 0.836. The first kappa shape index (κ1) is 7.26. The number of nitrogens with zero attached hydrogens (tertiary/aromatic N) is 2. The Balaban J connectivity index is 2.06. The molecular weight excluding hydrogens is 164 g/mol. The Morgan fingerprint density at radius 1 is 1.54 bits per heavy atom. The van der Waals surface area contributed by atoms with Gasteiger partial charge in [0.05, 0.1) is 12.4 Å². The minimum atomic E-state index is -0.0556. The number of hydrogen-bond acceptors (Lipinski definition) is 4. The highest BCUT2D eigenvalue weighted by Gasteiger charge is 2.46. The molecule has 0 aromatic heterocycles. The second kappa shape index (κ2) is 2.42. The molecule has 4 heteroatoms. The van der Waals surface area contributed by atoms with Gasteiger partial charge in [-0.25, -0.2) is 0 Å². The van der Waals surface area contributed by atoms with Crippen LogP contribution in [0.1, 0.15) is 6.42 Å². The fourth-order valence-electron chi connectivity index (χ4n) is 2.32. The minimum absolute atomic E-state index is 0.0556. The molecule has 4 nitrogen and oxygen atoms in total. The van der Waals surface area contributed by atoms with Gasteiger partial charge in [0.15, 0.2) is 0 Å². The summed E-state index contributed by atoms with van der Waals surface area (Å²) in [5.74, 6) is 0. The molecule has 1 fully saturated rings. The normalized spacial score (nSPS) is 40.6. The molecule has 0 aliphatic carbocycles. The molecule has 3 aliphatic rings. The fraction of sp³-hybridized carbons (Fsp3) is 0.556. The molecule has 3 rings (SSSR count). The van der Waals surface area contributed by atoms with Gasteiger partial charge < -0.3 is 10.6 Å². The van der Waals surface area contributed by atoms with Gasteiger partial charge in [0.1, 0.15) is 5.54 Å². The number of hydrogen-bond donors (Lipinski definition) is 2. The lowest BCUT2D eigenvalue weighted by molar-refractivity contribution is 0.315. The molecule has 2 N–H and O–H groups in total. The summed E-state index contributed by atoms with van der Waals surface area (Å²) < 4.78 is 0. The lowest BCUT2D eigenvalue weighted by Gasteiger charge is -2.39. The van der Waals surface area contributed by atoms with Crippen LogP contribution in [0.2, 0.25) is 0 Å². The lowest BCUT2D eigenvalue weighted by Crippen LogP contribution is -2.54. The number of allylic oxidation sites excluding steroid dienone is 1. The van der Waals surface area contributed by atoms with Crippen LogP contribution in [0, 0.1) is 0 Å². The highest BCUT2D eigenvalue weighted by Crippen LogP contribution is 2.35. The number of rotatable bonds is 0. The van der Waals surface area contributed by atoms with E-state index in [2.05, 4.69) is 20.6 Å². The largest absolute Gasteiger partial charge is 0.348 e. The molecule has 3 aliphatic heterocycles. The van der Waals surface area contributed by atoms with E-state index in [0.29, 0.717) is 0 Å². The smallest absolute Gasteiger partial charge is 0.127 e. The molecule has 3 heterocycles. The second-order valence-corrected chi connectivity index (χ2v) is 3.68. The Morgan fingerprint density at radius 2 is 2.54 bits per heavy atom. The Kier molecular flexibility index (Phi) is 1.35. The summed E-state index contributed by atoms with van der Waals surface area (Å²) >= 11 is 0. The molecule has 1 spiro atoms. The van der Waals surface area contributed by atoms with Crippen molar-refractivity contribution in [3.8, 4) is 0 Å². The van der Waals surface area contributed by atoms with E-state index in [1.807, 2.05) is 12.3 Å². The zero-order chi connectivity index (χ0) is 8.73. The van der Waals surface area contributed by atoms with Crippen molar-refractivity contribution >= 4 is 12.6 Å². The van der Waals surface area contributed by atoms with Gasteiger partial charge in [-0.3, -0.25) is 9.98 Å². The van der Waals surface area contributed by atoms with E-state index in [9.17, 15) is 0 Å². The van der Waals surface area contributed by atoms with E-state index < -0.39 is 0 Å². The van der Waals surface area contributed by atoms with E-state index in [0.717, 1.165) is 19.5 Å². The zero-order valence-corrected chi connectivity index (χ0v) is 7.33. The highest BCUT2D eigenvalue weighted by molar-refractivity contribution is 5.79. The van der Waals surface area contributed by atoms with Gasteiger partial charge in [0, 0.05) is 18.5 Å². The van der Waals surface area contributed by atoms with Crippen LogP contribution < -0.4 is 10.6 Å². The topological polar surface area (TPSA) is 48.8 Å². The Bertz CT molecular complexity index is 318. The molecular formula is C9H12N4. The second-order valence-electron chi connectivity index (χ2n) is 3.68. The number of dihydropyridines is 1. The summed E-state index contributed by atoms with van der Waals surface area (Å²) in [6, 6.07) is 0.285. The summed E-state index contributed by atoms with van der Waals surface area (Å²) in [6.45, 7) is 1.97. The molecule has 0 unspecified atom stereocenters. The van der Waals surface area contributed by atoms with Crippen molar-refractivity contribution in [1.82, 2.24) is 10.6 Å². The molecule has 0 amide bonds. The maximum atomic E-state index is 4.55. The quantitative estimate of drug-likeness (QED) is 0.532. The van der Waals surface area contributed by atoms with Crippen LogP contribution in [0.4, 0.5) is 0 Å². The average molecular weight is 176 g/mol. The Labute approximate surface area is 76.8 Å². The van der Waals surface area contributed by atoms with Crippen LogP contribution in [-0.2, 0) is 0 Å². The summed E-state index contributed by atoms with van der Waals surface area (Å²) in [5.41, 5.74) is 1.16. The van der Waals surface area contributed by atoms with E-state index in [4.69, 9.17) is 0 Å². The third-order valence-corrected chi connectivity index (χ3v) is 3.06. The van der Waals surface area contributed by atoms with E-state index >= 15 is 0 Å². The number of nitrogens with one attached hydrogen (secondary N) is 2. The predicted octanol–water partition coefficient (Wildman–Crippen LogP) is -0.313. The van der Waals surface area contributed by atoms with E-state index in [-0.39, 0.29) is 11.6 Å². The molecule has 68 valence electrons. The summed E-state index contributed by atoms with van der Waals surface area (Å²) in [5, 5.41) is 6.55. The third-order valence-electron chi connectivity index (χ3n) is 3.06. The van der Waals surface area contributed by atoms with Crippen LogP contribution in [0.25, 0.3) is 0 Å². The maximum Gasteiger partial charge on any atom is 0.127 e. The van der Waals surface area contributed by atoms with Crippen molar-refractivity contribution in [2.24, 2.45) is 9.98 Å². The fourth-order valence-corrected chi connectivity index (χ4v) is 2.32. The first-order valence-electron chi connectivity index (χ1n) is 4.67. The van der Waals surface area contributed by atoms with Crippen molar-refractivity contribution in [2.75, 3.05) is 13.1 Å². The summed E-state index contributed by atoms with van der Waals surface area (Å²) in [6.07, 6.45) is 6.77. The molecule has 13 heavy (non-hydrogen) atoms. The van der Waals surface area contributed by atoms with Crippen LogP contribution in [0.5, 0.6) is 0 Å². The summed E-state index contributed by atoms with van der Waals surface area (Å²) in [4.78, 5) is 9.02. The van der Waals surface area contributed by atoms with Crippen LogP contribution in [0.3, 0.4) is 0 Å². The van der Waals surface area contributed by atoms with Gasteiger partial charge in [-0.05, 0) is 19.0 Å². The Hall–Kier alpha value is -1.16. The maximum absolute atomic E-state index is 4.55. The molecule has 0 aromatic carbocycles. The molecule has 1 saturated heterocycles. The monoisotopic (exact) mass is 176 g/mol.